The Balaban J connectivity index is 1.88. The summed E-state index contributed by atoms with van der Waals surface area (Å²) in [7, 11) is 1.39. The summed E-state index contributed by atoms with van der Waals surface area (Å²) in [4.78, 5) is 11.2. The highest BCUT2D eigenvalue weighted by Gasteiger charge is 2.40. The zero-order chi connectivity index (χ0) is 10.0. The fourth-order valence-electron chi connectivity index (χ4n) is 2.33. The molecule has 4 nitrogen and oxygen atoms in total. The van der Waals surface area contributed by atoms with Gasteiger partial charge in [0.1, 0.15) is 0 Å². The van der Waals surface area contributed by atoms with E-state index in [0.717, 1.165) is 0 Å². The van der Waals surface area contributed by atoms with Crippen LogP contribution in [0.1, 0.15) is 25.7 Å². The Morgan fingerprint density at radius 3 is 2.71 bits per heavy atom. The van der Waals surface area contributed by atoms with E-state index >= 15 is 0 Å². The van der Waals surface area contributed by atoms with Crippen molar-refractivity contribution in [2.24, 2.45) is 0 Å². The highest BCUT2D eigenvalue weighted by atomic mass is 16.6. The van der Waals surface area contributed by atoms with Gasteiger partial charge in [0.2, 0.25) is 0 Å². The van der Waals surface area contributed by atoms with Crippen LogP contribution < -0.4 is 5.32 Å². The summed E-state index contributed by atoms with van der Waals surface area (Å²) >= 11 is 0. The molecule has 80 valence electrons. The second-order valence-corrected chi connectivity index (χ2v) is 4.19. The summed E-state index contributed by atoms with van der Waals surface area (Å²) < 4.78 is 10.2. The molecule has 1 atom stereocenters. The molecule has 1 aliphatic heterocycles. The minimum atomic E-state index is -0.411. The first kappa shape index (κ1) is 9.93. The number of carbonyl (C=O) groups excluding carboxylic acids is 1. The van der Waals surface area contributed by atoms with Crippen molar-refractivity contribution in [3.8, 4) is 0 Å². The quantitative estimate of drug-likeness (QED) is 0.623. The molecule has 2 aliphatic rings. The van der Waals surface area contributed by atoms with Gasteiger partial charge in [0, 0.05) is 12.1 Å². The SMILES string of the molecule is COC(=O)C1CNC2(CCCC2)CO1. The average molecular weight is 199 g/mol. The fourth-order valence-corrected chi connectivity index (χ4v) is 2.33. The van der Waals surface area contributed by atoms with Gasteiger partial charge in [0.05, 0.1) is 13.7 Å². The van der Waals surface area contributed by atoms with Gasteiger partial charge in [-0.1, -0.05) is 12.8 Å². The van der Waals surface area contributed by atoms with Crippen LogP contribution in [-0.2, 0) is 14.3 Å². The molecule has 14 heavy (non-hydrogen) atoms. The smallest absolute Gasteiger partial charge is 0.336 e. The molecule has 0 aromatic heterocycles. The van der Waals surface area contributed by atoms with Crippen LogP contribution >= 0.6 is 0 Å². The highest BCUT2D eigenvalue weighted by Crippen LogP contribution is 2.32. The third-order valence-electron chi connectivity index (χ3n) is 3.25. The molecule has 1 saturated heterocycles. The molecule has 0 aromatic carbocycles. The van der Waals surface area contributed by atoms with Gasteiger partial charge in [-0.3, -0.25) is 0 Å². The van der Waals surface area contributed by atoms with E-state index in [1.807, 2.05) is 0 Å². The van der Waals surface area contributed by atoms with Gasteiger partial charge in [-0.2, -0.15) is 0 Å². The molecular weight excluding hydrogens is 182 g/mol. The second-order valence-electron chi connectivity index (χ2n) is 4.19. The van der Waals surface area contributed by atoms with Crippen molar-refractivity contribution in [1.82, 2.24) is 5.32 Å². The molecule has 0 amide bonds. The van der Waals surface area contributed by atoms with Gasteiger partial charge in [0.25, 0.3) is 0 Å². The summed E-state index contributed by atoms with van der Waals surface area (Å²) in [5.41, 5.74) is 0.157. The number of carbonyl (C=O) groups is 1. The normalized spacial score (nSPS) is 30.5. The largest absolute Gasteiger partial charge is 0.467 e. The predicted octanol–water partition coefficient (Wildman–Crippen LogP) is 0.461. The third kappa shape index (κ3) is 1.77. The third-order valence-corrected chi connectivity index (χ3v) is 3.25. The molecule has 1 heterocycles. The number of morpholine rings is 1. The molecule has 1 aliphatic carbocycles. The maximum absolute atomic E-state index is 11.2. The van der Waals surface area contributed by atoms with Crippen molar-refractivity contribution in [2.75, 3.05) is 20.3 Å². The molecule has 0 aromatic rings. The molecule has 1 N–H and O–H groups in total. The standard InChI is InChI=1S/C10H17NO3/c1-13-9(12)8-6-11-10(7-14-8)4-2-3-5-10/h8,11H,2-7H2,1H3. The number of rotatable bonds is 1. The lowest BCUT2D eigenvalue weighted by molar-refractivity contribution is -0.159. The van der Waals surface area contributed by atoms with E-state index in [2.05, 4.69) is 10.1 Å². The van der Waals surface area contributed by atoms with Crippen LogP contribution in [0.4, 0.5) is 0 Å². The molecule has 1 unspecified atom stereocenters. The minimum absolute atomic E-state index is 0.157. The van der Waals surface area contributed by atoms with Gasteiger partial charge >= 0.3 is 5.97 Å². The van der Waals surface area contributed by atoms with E-state index in [4.69, 9.17) is 4.74 Å². The lowest BCUT2D eigenvalue weighted by Crippen LogP contribution is -2.57. The molecule has 1 spiro atoms. The Hall–Kier alpha value is -0.610. The Morgan fingerprint density at radius 2 is 2.21 bits per heavy atom. The molecule has 4 heteroatoms. The summed E-state index contributed by atoms with van der Waals surface area (Å²) in [5, 5.41) is 3.43. The van der Waals surface area contributed by atoms with Crippen LogP contribution in [0.5, 0.6) is 0 Å². The predicted molar refractivity (Wildman–Crippen MR) is 51.0 cm³/mol. The Bertz CT molecular complexity index is 213. The zero-order valence-corrected chi connectivity index (χ0v) is 8.54. The van der Waals surface area contributed by atoms with Crippen molar-refractivity contribution in [1.29, 1.82) is 0 Å². The van der Waals surface area contributed by atoms with E-state index in [1.54, 1.807) is 0 Å². The van der Waals surface area contributed by atoms with Crippen molar-refractivity contribution < 1.29 is 14.3 Å². The summed E-state index contributed by atoms with van der Waals surface area (Å²) in [6.07, 6.45) is 4.45. The van der Waals surface area contributed by atoms with Crippen molar-refractivity contribution >= 4 is 5.97 Å². The number of ether oxygens (including phenoxy) is 2. The summed E-state index contributed by atoms with van der Waals surface area (Å²) in [6.45, 7) is 1.24. The summed E-state index contributed by atoms with van der Waals surface area (Å²) in [5.74, 6) is -0.273. The van der Waals surface area contributed by atoms with E-state index in [9.17, 15) is 4.79 Å². The second kappa shape index (κ2) is 3.87. The van der Waals surface area contributed by atoms with Crippen LogP contribution in [0.15, 0.2) is 0 Å². The molecule has 1 saturated carbocycles. The molecule has 0 radical (unpaired) electrons. The topological polar surface area (TPSA) is 47.6 Å². The zero-order valence-electron chi connectivity index (χ0n) is 8.54. The Labute approximate surface area is 84.0 Å². The van der Waals surface area contributed by atoms with Gasteiger partial charge in [-0.25, -0.2) is 4.79 Å². The maximum Gasteiger partial charge on any atom is 0.336 e. The highest BCUT2D eigenvalue weighted by molar-refractivity contribution is 5.75. The van der Waals surface area contributed by atoms with Gasteiger partial charge in [-0.15, -0.1) is 0 Å². The van der Waals surface area contributed by atoms with Crippen molar-refractivity contribution in [3.63, 3.8) is 0 Å². The first-order valence-electron chi connectivity index (χ1n) is 5.20. The number of nitrogens with one attached hydrogen (secondary N) is 1. The van der Waals surface area contributed by atoms with E-state index in [1.165, 1.54) is 32.8 Å². The molecule has 2 rings (SSSR count). The number of hydrogen-bond acceptors (Lipinski definition) is 4. The first-order valence-corrected chi connectivity index (χ1v) is 5.20. The van der Waals surface area contributed by atoms with Crippen LogP contribution in [-0.4, -0.2) is 37.9 Å². The van der Waals surface area contributed by atoms with Gasteiger partial charge in [-0.05, 0) is 12.8 Å². The monoisotopic (exact) mass is 199 g/mol. The minimum Gasteiger partial charge on any atom is -0.467 e. The van der Waals surface area contributed by atoms with Crippen LogP contribution in [0.3, 0.4) is 0 Å². The number of esters is 1. The Morgan fingerprint density at radius 1 is 1.50 bits per heavy atom. The molecule has 2 fully saturated rings. The van der Waals surface area contributed by atoms with E-state index in [0.29, 0.717) is 13.2 Å². The molecule has 0 bridgehead atoms. The van der Waals surface area contributed by atoms with Crippen molar-refractivity contribution in [2.45, 2.75) is 37.3 Å². The van der Waals surface area contributed by atoms with Crippen LogP contribution in [0.2, 0.25) is 0 Å². The average Bonchev–Trinajstić information content (AvgIpc) is 2.67. The Kier molecular flexibility index (Phi) is 2.74. The number of methoxy groups -OCH3 is 1. The molecular formula is C10H17NO3. The van der Waals surface area contributed by atoms with Crippen LogP contribution in [0.25, 0.3) is 0 Å². The van der Waals surface area contributed by atoms with Gasteiger partial charge < -0.3 is 14.8 Å². The lowest BCUT2D eigenvalue weighted by Gasteiger charge is -2.37. The number of hydrogen-bond donors (Lipinski definition) is 1. The summed E-state index contributed by atoms with van der Waals surface area (Å²) in [6, 6.07) is 0. The van der Waals surface area contributed by atoms with Crippen LogP contribution in [0, 0.1) is 0 Å². The van der Waals surface area contributed by atoms with E-state index < -0.39 is 6.10 Å². The fraction of sp³-hybridized carbons (Fsp3) is 0.900. The van der Waals surface area contributed by atoms with Crippen molar-refractivity contribution in [3.05, 3.63) is 0 Å². The maximum atomic E-state index is 11.2. The lowest BCUT2D eigenvalue weighted by atomic mass is 9.97. The van der Waals surface area contributed by atoms with E-state index in [-0.39, 0.29) is 11.5 Å². The first-order chi connectivity index (χ1) is 6.76. The van der Waals surface area contributed by atoms with Gasteiger partial charge in [0.15, 0.2) is 6.10 Å².